The van der Waals surface area contributed by atoms with E-state index in [0.29, 0.717) is 32.6 Å². The number of benzene rings is 1. The SMILES string of the molecule is CCN1CCN(C)CCN(CC(=O)O)CCN(CC(=O)NC(Cc2ccc(C)cc2)C(=O)NC)CC1. The average Bonchev–Trinajstić information content (AvgIpc) is 2.84. The van der Waals surface area contributed by atoms with E-state index in [0.717, 1.165) is 43.9 Å². The Hall–Kier alpha value is -2.53. The number of carboxylic acid groups (broad SMARTS) is 1. The number of carboxylic acids is 1. The van der Waals surface area contributed by atoms with E-state index in [1.807, 2.05) is 36.1 Å². The minimum Gasteiger partial charge on any atom is -0.480 e. The van der Waals surface area contributed by atoms with Gasteiger partial charge in [0.15, 0.2) is 0 Å². The van der Waals surface area contributed by atoms with Crippen molar-refractivity contribution in [2.24, 2.45) is 0 Å². The first-order valence-electron chi connectivity index (χ1n) is 12.8. The Bertz CT molecular complexity index is 834. The van der Waals surface area contributed by atoms with Crippen LogP contribution < -0.4 is 10.6 Å². The Morgan fingerprint density at radius 2 is 1.42 bits per heavy atom. The lowest BCUT2D eigenvalue weighted by atomic mass is 10.0. The van der Waals surface area contributed by atoms with Crippen LogP contribution in [0.4, 0.5) is 0 Å². The van der Waals surface area contributed by atoms with E-state index < -0.39 is 12.0 Å². The number of carbonyl (C=O) groups excluding carboxylic acids is 2. The van der Waals surface area contributed by atoms with Crippen LogP contribution in [0.25, 0.3) is 0 Å². The van der Waals surface area contributed by atoms with Gasteiger partial charge in [0.05, 0.1) is 13.1 Å². The number of likely N-dealkylation sites (N-methyl/N-ethyl adjacent to an activating group) is 3. The van der Waals surface area contributed by atoms with Gasteiger partial charge in [-0.25, -0.2) is 0 Å². The van der Waals surface area contributed by atoms with Crippen LogP contribution in [0.5, 0.6) is 0 Å². The standard InChI is InChI=1S/C26H44N6O4/c1-5-30-12-10-29(4)11-13-32(20-25(34)35)17-16-31(15-14-30)19-24(33)28-23(26(36)27-3)18-22-8-6-21(2)7-9-22/h6-9,23H,5,10-20H2,1-4H3,(H,27,36)(H,28,33)(H,34,35). The van der Waals surface area contributed by atoms with Crippen molar-refractivity contribution in [1.29, 1.82) is 0 Å². The maximum Gasteiger partial charge on any atom is 0.317 e. The molecule has 0 aliphatic carbocycles. The second-order valence-electron chi connectivity index (χ2n) is 9.61. The molecule has 0 saturated carbocycles. The highest BCUT2D eigenvalue weighted by atomic mass is 16.4. The summed E-state index contributed by atoms with van der Waals surface area (Å²) in [6.07, 6.45) is 0.412. The molecule has 202 valence electrons. The summed E-state index contributed by atoms with van der Waals surface area (Å²) >= 11 is 0. The molecule has 1 saturated heterocycles. The fourth-order valence-corrected chi connectivity index (χ4v) is 4.25. The normalized spacial score (nSPS) is 18.6. The molecule has 1 heterocycles. The van der Waals surface area contributed by atoms with Crippen LogP contribution in [0.2, 0.25) is 0 Å². The Morgan fingerprint density at radius 1 is 0.889 bits per heavy atom. The van der Waals surface area contributed by atoms with Crippen molar-refractivity contribution < 1.29 is 19.5 Å². The fraction of sp³-hybridized carbons (Fsp3) is 0.654. The van der Waals surface area contributed by atoms with Gasteiger partial charge >= 0.3 is 5.97 Å². The Morgan fingerprint density at radius 3 is 1.97 bits per heavy atom. The average molecular weight is 505 g/mol. The minimum absolute atomic E-state index is 0.0236. The van der Waals surface area contributed by atoms with Gasteiger partial charge < -0.3 is 25.5 Å². The number of carbonyl (C=O) groups is 3. The number of hydrogen-bond acceptors (Lipinski definition) is 7. The van der Waals surface area contributed by atoms with E-state index in [1.54, 1.807) is 7.05 Å². The number of aliphatic carboxylic acids is 1. The third-order valence-electron chi connectivity index (χ3n) is 6.69. The third-order valence-corrected chi connectivity index (χ3v) is 6.69. The van der Waals surface area contributed by atoms with E-state index >= 15 is 0 Å². The predicted octanol–water partition coefficient (Wildman–Crippen LogP) is -0.276. The van der Waals surface area contributed by atoms with Crippen LogP contribution in [-0.2, 0) is 20.8 Å². The highest BCUT2D eigenvalue weighted by Gasteiger charge is 2.23. The van der Waals surface area contributed by atoms with Gasteiger partial charge in [0.25, 0.3) is 0 Å². The molecule has 2 amide bonds. The summed E-state index contributed by atoms with van der Waals surface area (Å²) in [5.41, 5.74) is 2.12. The van der Waals surface area contributed by atoms with Crippen LogP contribution >= 0.6 is 0 Å². The molecule has 1 aromatic carbocycles. The van der Waals surface area contributed by atoms with Crippen molar-refractivity contribution in [3.63, 3.8) is 0 Å². The van der Waals surface area contributed by atoms with Crippen LogP contribution in [0, 0.1) is 6.92 Å². The summed E-state index contributed by atoms with van der Waals surface area (Å²) in [5.74, 6) is -1.29. The largest absolute Gasteiger partial charge is 0.480 e. The molecule has 1 aliphatic rings. The zero-order valence-corrected chi connectivity index (χ0v) is 22.3. The van der Waals surface area contributed by atoms with Crippen LogP contribution in [0.3, 0.4) is 0 Å². The molecule has 3 N–H and O–H groups in total. The van der Waals surface area contributed by atoms with Gasteiger partial charge in [-0.05, 0) is 26.1 Å². The maximum atomic E-state index is 13.1. The summed E-state index contributed by atoms with van der Waals surface area (Å²) < 4.78 is 0. The van der Waals surface area contributed by atoms with Gasteiger partial charge in [-0.2, -0.15) is 0 Å². The summed E-state index contributed by atoms with van der Waals surface area (Å²) in [4.78, 5) is 45.5. The molecule has 10 nitrogen and oxygen atoms in total. The summed E-state index contributed by atoms with van der Waals surface area (Å²) in [6.45, 7) is 11.1. The van der Waals surface area contributed by atoms with E-state index in [4.69, 9.17) is 0 Å². The van der Waals surface area contributed by atoms with Gasteiger partial charge in [-0.3, -0.25) is 24.2 Å². The molecule has 0 radical (unpaired) electrons. The Labute approximate surface area is 215 Å². The maximum absolute atomic E-state index is 13.1. The Kier molecular flexibility index (Phi) is 12.8. The topological polar surface area (TPSA) is 108 Å². The monoisotopic (exact) mass is 504 g/mol. The highest BCUT2D eigenvalue weighted by Crippen LogP contribution is 2.07. The molecule has 1 fully saturated rings. The molecule has 1 atom stereocenters. The molecule has 2 rings (SSSR count). The molecule has 0 spiro atoms. The van der Waals surface area contributed by atoms with E-state index in [2.05, 4.69) is 39.3 Å². The first kappa shape index (κ1) is 29.7. The summed E-state index contributed by atoms with van der Waals surface area (Å²) in [5, 5.41) is 14.9. The summed E-state index contributed by atoms with van der Waals surface area (Å²) in [6, 6.07) is 7.27. The zero-order valence-electron chi connectivity index (χ0n) is 22.3. The molecule has 1 unspecified atom stereocenters. The number of amides is 2. The van der Waals surface area contributed by atoms with Crippen LogP contribution in [-0.4, -0.2) is 135 Å². The van der Waals surface area contributed by atoms with E-state index in [1.165, 1.54) is 0 Å². The lowest BCUT2D eigenvalue weighted by Gasteiger charge is -2.32. The highest BCUT2D eigenvalue weighted by molar-refractivity contribution is 5.88. The molecule has 10 heteroatoms. The third kappa shape index (κ3) is 11.0. The Balaban J connectivity index is 2.06. The summed E-state index contributed by atoms with van der Waals surface area (Å²) in [7, 11) is 3.63. The van der Waals surface area contributed by atoms with Crippen molar-refractivity contribution in [2.75, 3.05) is 86.1 Å². The number of aryl methyl sites for hydroxylation is 1. The van der Waals surface area contributed by atoms with Crippen LogP contribution in [0.15, 0.2) is 24.3 Å². The van der Waals surface area contributed by atoms with Crippen molar-refractivity contribution in [1.82, 2.24) is 30.2 Å². The lowest BCUT2D eigenvalue weighted by Crippen LogP contribution is -2.52. The number of hydrogen-bond donors (Lipinski definition) is 3. The molecule has 1 aliphatic heterocycles. The van der Waals surface area contributed by atoms with Crippen LogP contribution in [0.1, 0.15) is 18.1 Å². The fourth-order valence-electron chi connectivity index (χ4n) is 4.25. The quantitative estimate of drug-likeness (QED) is 0.422. The van der Waals surface area contributed by atoms with Crippen molar-refractivity contribution in [3.05, 3.63) is 35.4 Å². The zero-order chi connectivity index (χ0) is 26.5. The molecule has 0 bridgehead atoms. The number of rotatable bonds is 9. The van der Waals surface area contributed by atoms with E-state index in [9.17, 15) is 19.5 Å². The smallest absolute Gasteiger partial charge is 0.317 e. The second-order valence-corrected chi connectivity index (χ2v) is 9.61. The molecule has 36 heavy (non-hydrogen) atoms. The second kappa shape index (κ2) is 15.6. The number of nitrogens with zero attached hydrogens (tertiary/aromatic N) is 4. The number of nitrogens with one attached hydrogen (secondary N) is 2. The molecule has 1 aromatic rings. The van der Waals surface area contributed by atoms with Gasteiger partial charge in [-0.1, -0.05) is 36.8 Å². The molecule has 0 aromatic heterocycles. The molecular weight excluding hydrogens is 460 g/mol. The van der Waals surface area contributed by atoms with Gasteiger partial charge in [0.2, 0.25) is 11.8 Å². The van der Waals surface area contributed by atoms with Gasteiger partial charge in [0.1, 0.15) is 6.04 Å². The van der Waals surface area contributed by atoms with E-state index in [-0.39, 0.29) is 24.9 Å². The first-order chi connectivity index (χ1) is 17.2. The van der Waals surface area contributed by atoms with Gasteiger partial charge in [0, 0.05) is 65.8 Å². The first-order valence-corrected chi connectivity index (χ1v) is 12.8. The predicted molar refractivity (Wildman–Crippen MR) is 141 cm³/mol. The lowest BCUT2D eigenvalue weighted by molar-refractivity contribution is -0.138. The van der Waals surface area contributed by atoms with Crippen molar-refractivity contribution >= 4 is 17.8 Å². The van der Waals surface area contributed by atoms with Gasteiger partial charge in [-0.15, -0.1) is 0 Å². The molecular formula is C26H44N6O4. The van der Waals surface area contributed by atoms with Crippen molar-refractivity contribution in [2.45, 2.75) is 26.3 Å². The van der Waals surface area contributed by atoms with Crippen molar-refractivity contribution in [3.8, 4) is 0 Å². The minimum atomic E-state index is -0.851.